The number of rotatable bonds is 5. The van der Waals surface area contributed by atoms with E-state index >= 15 is 0 Å². The molecule has 0 amide bonds. The number of aliphatic hydroxyl groups is 1. The minimum atomic E-state index is -0.663. The summed E-state index contributed by atoms with van der Waals surface area (Å²) in [7, 11) is 0. The normalized spacial score (nSPS) is 15.1. The van der Waals surface area contributed by atoms with Crippen LogP contribution in [0.5, 0.6) is 0 Å². The van der Waals surface area contributed by atoms with Gasteiger partial charge < -0.3 is 5.11 Å². The molecule has 0 radical (unpaired) electrons. The summed E-state index contributed by atoms with van der Waals surface area (Å²) in [5, 5.41) is 10.8. The first-order valence-corrected chi connectivity index (χ1v) is 6.30. The molecular formula is C15H24O. The molecule has 1 aromatic rings. The molecule has 0 bridgehead atoms. The predicted molar refractivity (Wildman–Crippen MR) is 69.4 cm³/mol. The highest BCUT2D eigenvalue weighted by atomic mass is 16.3. The van der Waals surface area contributed by atoms with Crippen LogP contribution in [0.15, 0.2) is 24.3 Å². The molecule has 1 rings (SSSR count). The minimum absolute atomic E-state index is 0.252. The van der Waals surface area contributed by atoms with E-state index in [-0.39, 0.29) is 5.92 Å². The van der Waals surface area contributed by atoms with Crippen LogP contribution in [0.4, 0.5) is 0 Å². The third-order valence-electron chi connectivity index (χ3n) is 3.42. The zero-order valence-corrected chi connectivity index (χ0v) is 11.0. The Hall–Kier alpha value is -0.820. The Balaban J connectivity index is 2.96. The van der Waals surface area contributed by atoms with E-state index in [9.17, 15) is 5.11 Å². The maximum atomic E-state index is 10.8. The van der Waals surface area contributed by atoms with Crippen LogP contribution in [0.25, 0.3) is 0 Å². The Labute approximate surface area is 99.5 Å². The zero-order chi connectivity index (χ0) is 12.2. The van der Waals surface area contributed by atoms with Crippen LogP contribution in [-0.2, 0) is 5.60 Å². The van der Waals surface area contributed by atoms with Crippen LogP contribution < -0.4 is 0 Å². The number of hydrogen-bond donors (Lipinski definition) is 1. The fourth-order valence-electron chi connectivity index (χ4n) is 2.05. The van der Waals surface area contributed by atoms with Gasteiger partial charge in [0.25, 0.3) is 0 Å². The summed E-state index contributed by atoms with van der Waals surface area (Å²) in [4.78, 5) is 0. The molecule has 16 heavy (non-hydrogen) atoms. The molecule has 1 aromatic carbocycles. The third kappa shape index (κ3) is 2.85. The fourth-order valence-corrected chi connectivity index (χ4v) is 2.05. The first kappa shape index (κ1) is 13.2. The molecule has 0 saturated carbocycles. The van der Waals surface area contributed by atoms with Crippen LogP contribution in [-0.4, -0.2) is 5.11 Å². The average molecular weight is 220 g/mol. The fraction of sp³-hybridized carbons (Fsp3) is 0.600. The largest absolute Gasteiger partial charge is 0.385 e. The predicted octanol–water partition coefficient (Wildman–Crippen LogP) is 4.03. The molecule has 1 heteroatoms. The lowest BCUT2D eigenvalue weighted by atomic mass is 9.79. The summed E-state index contributed by atoms with van der Waals surface area (Å²) in [6.07, 6.45) is 3.05. The molecular weight excluding hydrogens is 196 g/mol. The Morgan fingerprint density at radius 3 is 2.19 bits per heavy atom. The standard InChI is InChI=1S/C15H24O/c1-5-6-11-15(16,12(2)3)14-9-7-13(4)8-10-14/h7-10,12,16H,5-6,11H2,1-4H3. The summed E-state index contributed by atoms with van der Waals surface area (Å²) in [6.45, 7) is 8.42. The molecule has 1 atom stereocenters. The van der Waals surface area contributed by atoms with Crippen LogP contribution in [0.3, 0.4) is 0 Å². The van der Waals surface area contributed by atoms with Crippen molar-refractivity contribution in [2.24, 2.45) is 5.92 Å². The number of unbranched alkanes of at least 4 members (excludes halogenated alkanes) is 1. The van der Waals surface area contributed by atoms with Gasteiger partial charge in [-0.05, 0) is 24.8 Å². The van der Waals surface area contributed by atoms with E-state index in [0.29, 0.717) is 0 Å². The van der Waals surface area contributed by atoms with Gasteiger partial charge in [-0.1, -0.05) is 63.4 Å². The number of hydrogen-bond acceptors (Lipinski definition) is 1. The summed E-state index contributed by atoms with van der Waals surface area (Å²) >= 11 is 0. The monoisotopic (exact) mass is 220 g/mol. The molecule has 0 saturated heterocycles. The van der Waals surface area contributed by atoms with Crippen LogP contribution >= 0.6 is 0 Å². The van der Waals surface area contributed by atoms with Gasteiger partial charge in [0, 0.05) is 0 Å². The molecule has 0 aliphatic carbocycles. The second kappa shape index (κ2) is 5.49. The van der Waals surface area contributed by atoms with Gasteiger partial charge >= 0.3 is 0 Å². The smallest absolute Gasteiger partial charge is 0.0919 e. The minimum Gasteiger partial charge on any atom is -0.385 e. The third-order valence-corrected chi connectivity index (χ3v) is 3.42. The Bertz CT molecular complexity index is 313. The first-order chi connectivity index (χ1) is 7.50. The topological polar surface area (TPSA) is 20.2 Å². The Morgan fingerprint density at radius 2 is 1.75 bits per heavy atom. The van der Waals surface area contributed by atoms with E-state index in [0.717, 1.165) is 24.8 Å². The molecule has 1 nitrogen and oxygen atoms in total. The number of aryl methyl sites for hydroxylation is 1. The van der Waals surface area contributed by atoms with E-state index in [1.807, 2.05) is 0 Å². The second-order valence-corrected chi connectivity index (χ2v) is 5.05. The molecule has 0 spiro atoms. The van der Waals surface area contributed by atoms with Gasteiger partial charge in [-0.15, -0.1) is 0 Å². The summed E-state index contributed by atoms with van der Waals surface area (Å²) in [5.41, 5.74) is 1.64. The quantitative estimate of drug-likeness (QED) is 0.794. The van der Waals surface area contributed by atoms with Gasteiger partial charge in [-0.25, -0.2) is 0 Å². The van der Waals surface area contributed by atoms with Gasteiger partial charge in [0.2, 0.25) is 0 Å². The lowest BCUT2D eigenvalue weighted by Crippen LogP contribution is -2.32. The van der Waals surface area contributed by atoms with E-state index in [2.05, 4.69) is 52.0 Å². The molecule has 0 aliphatic heterocycles. The van der Waals surface area contributed by atoms with E-state index < -0.39 is 5.60 Å². The highest BCUT2D eigenvalue weighted by Crippen LogP contribution is 2.34. The van der Waals surface area contributed by atoms with Gasteiger partial charge in [0.05, 0.1) is 5.60 Å². The van der Waals surface area contributed by atoms with Crippen molar-refractivity contribution in [3.05, 3.63) is 35.4 Å². The number of benzene rings is 1. The summed E-state index contributed by atoms with van der Waals surface area (Å²) in [5.74, 6) is 0.252. The highest BCUT2D eigenvalue weighted by Gasteiger charge is 2.31. The van der Waals surface area contributed by atoms with Crippen molar-refractivity contribution in [3.63, 3.8) is 0 Å². The Morgan fingerprint density at radius 1 is 1.19 bits per heavy atom. The van der Waals surface area contributed by atoms with E-state index in [1.165, 1.54) is 5.56 Å². The van der Waals surface area contributed by atoms with Gasteiger partial charge in [0.1, 0.15) is 0 Å². The van der Waals surface area contributed by atoms with Crippen molar-refractivity contribution in [1.82, 2.24) is 0 Å². The van der Waals surface area contributed by atoms with Crippen molar-refractivity contribution in [2.75, 3.05) is 0 Å². The van der Waals surface area contributed by atoms with Crippen LogP contribution in [0.2, 0.25) is 0 Å². The van der Waals surface area contributed by atoms with Crippen molar-refractivity contribution >= 4 is 0 Å². The molecule has 0 aromatic heterocycles. The van der Waals surface area contributed by atoms with Crippen molar-refractivity contribution < 1.29 is 5.11 Å². The van der Waals surface area contributed by atoms with E-state index in [1.54, 1.807) is 0 Å². The maximum Gasteiger partial charge on any atom is 0.0919 e. The highest BCUT2D eigenvalue weighted by molar-refractivity contribution is 5.27. The molecule has 0 aliphatic rings. The zero-order valence-electron chi connectivity index (χ0n) is 11.0. The van der Waals surface area contributed by atoms with Crippen molar-refractivity contribution in [3.8, 4) is 0 Å². The van der Waals surface area contributed by atoms with Gasteiger partial charge in [-0.2, -0.15) is 0 Å². The SMILES string of the molecule is CCCCC(O)(c1ccc(C)cc1)C(C)C. The van der Waals surface area contributed by atoms with E-state index in [4.69, 9.17) is 0 Å². The lowest BCUT2D eigenvalue weighted by Gasteiger charge is -2.33. The molecule has 1 N–H and O–H groups in total. The summed E-state index contributed by atoms with van der Waals surface area (Å²) < 4.78 is 0. The average Bonchev–Trinajstić information content (AvgIpc) is 2.26. The maximum absolute atomic E-state index is 10.8. The van der Waals surface area contributed by atoms with Crippen LogP contribution in [0, 0.1) is 12.8 Å². The lowest BCUT2D eigenvalue weighted by molar-refractivity contribution is -0.0203. The van der Waals surface area contributed by atoms with Crippen molar-refractivity contribution in [1.29, 1.82) is 0 Å². The molecule has 0 fully saturated rings. The Kier molecular flexibility index (Phi) is 4.55. The molecule has 1 unspecified atom stereocenters. The molecule has 90 valence electrons. The first-order valence-electron chi connectivity index (χ1n) is 6.30. The van der Waals surface area contributed by atoms with Crippen LogP contribution in [0.1, 0.15) is 51.2 Å². The molecule has 0 heterocycles. The van der Waals surface area contributed by atoms with Gasteiger partial charge in [-0.3, -0.25) is 0 Å². The van der Waals surface area contributed by atoms with Gasteiger partial charge in [0.15, 0.2) is 0 Å². The van der Waals surface area contributed by atoms with Crippen molar-refractivity contribution in [2.45, 2.75) is 52.6 Å². The summed E-state index contributed by atoms with van der Waals surface area (Å²) in [6, 6.07) is 8.28. The second-order valence-electron chi connectivity index (χ2n) is 5.05.